The van der Waals surface area contributed by atoms with Gasteiger partial charge in [0.1, 0.15) is 11.5 Å². The predicted octanol–water partition coefficient (Wildman–Crippen LogP) is 2.97. The molecule has 1 aromatic rings. The Morgan fingerprint density at radius 3 is 2.58 bits per heavy atom. The Morgan fingerprint density at radius 1 is 1.26 bits per heavy atom. The Balaban J connectivity index is 2.28. The van der Waals surface area contributed by atoms with Crippen LogP contribution in [-0.4, -0.2) is 33.6 Å². The summed E-state index contributed by atoms with van der Waals surface area (Å²) in [6.07, 6.45) is 5.72. The van der Waals surface area contributed by atoms with Crippen LogP contribution in [0.15, 0.2) is 17.0 Å². The molecule has 1 aliphatic rings. The summed E-state index contributed by atoms with van der Waals surface area (Å²) in [7, 11) is 3.47. The van der Waals surface area contributed by atoms with Crippen LogP contribution in [0.4, 0.5) is 0 Å². The standard InChI is InChI=1S/C15H23NO2S/c1-17-13-6-7-14(18-2)15(19-3)12(13)9-11-5-4-8-16-10-11/h6-7,11,16H,4-5,8-10H2,1-3H3. The van der Waals surface area contributed by atoms with Crippen LogP contribution in [0.25, 0.3) is 0 Å². The number of ether oxygens (including phenoxy) is 2. The molecule has 0 aliphatic carbocycles. The summed E-state index contributed by atoms with van der Waals surface area (Å²) in [6, 6.07) is 4.01. The maximum absolute atomic E-state index is 5.54. The van der Waals surface area contributed by atoms with Crippen LogP contribution >= 0.6 is 11.8 Å². The highest BCUT2D eigenvalue weighted by Crippen LogP contribution is 2.38. The maximum Gasteiger partial charge on any atom is 0.132 e. The molecule has 1 unspecified atom stereocenters. The summed E-state index contributed by atoms with van der Waals surface area (Å²) in [5.74, 6) is 2.63. The molecule has 1 aliphatic heterocycles. The van der Waals surface area contributed by atoms with Gasteiger partial charge in [0.2, 0.25) is 0 Å². The average molecular weight is 281 g/mol. The number of hydrogen-bond acceptors (Lipinski definition) is 4. The normalized spacial score (nSPS) is 19.2. The molecule has 1 heterocycles. The molecule has 1 fully saturated rings. The van der Waals surface area contributed by atoms with E-state index in [1.54, 1.807) is 26.0 Å². The summed E-state index contributed by atoms with van der Waals surface area (Å²) in [5, 5.41) is 3.48. The molecule has 0 amide bonds. The van der Waals surface area contributed by atoms with E-state index < -0.39 is 0 Å². The highest BCUT2D eigenvalue weighted by atomic mass is 32.2. The van der Waals surface area contributed by atoms with E-state index in [2.05, 4.69) is 11.6 Å². The molecule has 3 nitrogen and oxygen atoms in total. The van der Waals surface area contributed by atoms with E-state index in [0.717, 1.165) is 31.0 Å². The molecule has 1 saturated heterocycles. The molecule has 106 valence electrons. The van der Waals surface area contributed by atoms with Gasteiger partial charge in [-0.2, -0.15) is 0 Å². The van der Waals surface area contributed by atoms with E-state index in [9.17, 15) is 0 Å². The molecule has 19 heavy (non-hydrogen) atoms. The van der Waals surface area contributed by atoms with Gasteiger partial charge >= 0.3 is 0 Å². The number of rotatable bonds is 5. The van der Waals surface area contributed by atoms with Crippen LogP contribution in [0.5, 0.6) is 11.5 Å². The average Bonchev–Trinajstić information content (AvgIpc) is 2.47. The van der Waals surface area contributed by atoms with Crippen LogP contribution in [0.3, 0.4) is 0 Å². The minimum Gasteiger partial charge on any atom is -0.496 e. The van der Waals surface area contributed by atoms with E-state index in [1.165, 1.54) is 23.3 Å². The van der Waals surface area contributed by atoms with Gasteiger partial charge in [0, 0.05) is 5.56 Å². The van der Waals surface area contributed by atoms with Gasteiger partial charge < -0.3 is 14.8 Å². The quantitative estimate of drug-likeness (QED) is 0.841. The maximum atomic E-state index is 5.54. The van der Waals surface area contributed by atoms with Crippen molar-refractivity contribution in [3.63, 3.8) is 0 Å². The molecule has 0 spiro atoms. The number of hydrogen-bond donors (Lipinski definition) is 1. The van der Waals surface area contributed by atoms with E-state index >= 15 is 0 Å². The number of thioether (sulfide) groups is 1. The van der Waals surface area contributed by atoms with Crippen LogP contribution < -0.4 is 14.8 Å². The molecule has 0 aromatic heterocycles. The molecule has 4 heteroatoms. The van der Waals surface area contributed by atoms with Gasteiger partial charge in [0.15, 0.2) is 0 Å². The van der Waals surface area contributed by atoms with Crippen LogP contribution in [0.2, 0.25) is 0 Å². The second-order valence-corrected chi connectivity index (χ2v) is 5.71. The van der Waals surface area contributed by atoms with Crippen molar-refractivity contribution in [2.45, 2.75) is 24.2 Å². The van der Waals surface area contributed by atoms with E-state index in [0.29, 0.717) is 5.92 Å². The van der Waals surface area contributed by atoms with E-state index in [1.807, 2.05) is 12.1 Å². The molecule has 0 bridgehead atoms. The van der Waals surface area contributed by atoms with Gasteiger partial charge in [-0.3, -0.25) is 0 Å². The first-order valence-corrected chi connectivity index (χ1v) is 8.01. The van der Waals surface area contributed by atoms with Crippen molar-refractivity contribution in [3.8, 4) is 11.5 Å². The highest BCUT2D eigenvalue weighted by molar-refractivity contribution is 7.98. The minimum atomic E-state index is 0.695. The third kappa shape index (κ3) is 3.37. The lowest BCUT2D eigenvalue weighted by Crippen LogP contribution is -2.31. The lowest BCUT2D eigenvalue weighted by atomic mass is 9.92. The fourth-order valence-electron chi connectivity index (χ4n) is 2.74. The molecule has 2 rings (SSSR count). The molecular weight excluding hydrogens is 258 g/mol. The first-order valence-electron chi connectivity index (χ1n) is 6.78. The summed E-state index contributed by atoms with van der Waals surface area (Å²) in [5.41, 5.74) is 1.29. The van der Waals surface area contributed by atoms with Gasteiger partial charge in [-0.1, -0.05) is 0 Å². The van der Waals surface area contributed by atoms with Crippen LogP contribution in [-0.2, 0) is 6.42 Å². The highest BCUT2D eigenvalue weighted by Gasteiger charge is 2.20. The first kappa shape index (κ1) is 14.5. The first-order chi connectivity index (χ1) is 9.30. The van der Waals surface area contributed by atoms with Crippen LogP contribution in [0, 0.1) is 5.92 Å². The lowest BCUT2D eigenvalue weighted by Gasteiger charge is -2.25. The zero-order chi connectivity index (χ0) is 13.7. The Labute approximate surface area is 120 Å². The van der Waals surface area contributed by atoms with E-state index in [4.69, 9.17) is 9.47 Å². The number of methoxy groups -OCH3 is 2. The fourth-order valence-corrected chi connectivity index (χ4v) is 3.53. The van der Waals surface area contributed by atoms with Gasteiger partial charge in [0.05, 0.1) is 19.1 Å². The van der Waals surface area contributed by atoms with Gasteiger partial charge in [0.25, 0.3) is 0 Å². The van der Waals surface area contributed by atoms with Crippen molar-refractivity contribution in [2.24, 2.45) is 5.92 Å². The van der Waals surface area contributed by atoms with Crippen molar-refractivity contribution in [2.75, 3.05) is 33.6 Å². The lowest BCUT2D eigenvalue weighted by molar-refractivity contribution is 0.356. The molecule has 1 atom stereocenters. The third-order valence-electron chi connectivity index (χ3n) is 3.72. The van der Waals surface area contributed by atoms with Crippen molar-refractivity contribution >= 4 is 11.8 Å². The SMILES string of the molecule is COc1ccc(OC)c(SC)c1CC1CCCNC1. The summed E-state index contributed by atoms with van der Waals surface area (Å²) in [6.45, 7) is 2.26. The van der Waals surface area contributed by atoms with Gasteiger partial charge in [-0.25, -0.2) is 0 Å². The molecule has 0 saturated carbocycles. The predicted molar refractivity (Wildman–Crippen MR) is 80.6 cm³/mol. The fraction of sp³-hybridized carbons (Fsp3) is 0.600. The summed E-state index contributed by atoms with van der Waals surface area (Å²) >= 11 is 1.74. The smallest absolute Gasteiger partial charge is 0.132 e. The Morgan fingerprint density at radius 2 is 2.00 bits per heavy atom. The molecule has 1 N–H and O–H groups in total. The van der Waals surface area contributed by atoms with Gasteiger partial charge in [-0.15, -0.1) is 11.8 Å². The second-order valence-electron chi connectivity index (χ2n) is 4.90. The summed E-state index contributed by atoms with van der Waals surface area (Å²) < 4.78 is 11.0. The minimum absolute atomic E-state index is 0.695. The van der Waals surface area contributed by atoms with Gasteiger partial charge in [-0.05, 0) is 56.7 Å². The summed E-state index contributed by atoms with van der Waals surface area (Å²) in [4.78, 5) is 1.22. The van der Waals surface area contributed by atoms with Crippen molar-refractivity contribution < 1.29 is 9.47 Å². The molecule has 1 aromatic carbocycles. The van der Waals surface area contributed by atoms with Crippen molar-refractivity contribution in [1.29, 1.82) is 0 Å². The second kappa shape index (κ2) is 7.06. The number of piperidine rings is 1. The number of nitrogens with one attached hydrogen (secondary N) is 1. The molecule has 0 radical (unpaired) electrons. The number of benzene rings is 1. The van der Waals surface area contributed by atoms with Crippen molar-refractivity contribution in [1.82, 2.24) is 5.32 Å². The topological polar surface area (TPSA) is 30.5 Å². The monoisotopic (exact) mass is 281 g/mol. The molecular formula is C15H23NO2S. The largest absolute Gasteiger partial charge is 0.496 e. The Bertz CT molecular complexity index is 417. The zero-order valence-electron chi connectivity index (χ0n) is 12.0. The Hall–Kier alpha value is -0.870. The zero-order valence-corrected chi connectivity index (χ0v) is 12.8. The third-order valence-corrected chi connectivity index (χ3v) is 4.57. The van der Waals surface area contributed by atoms with E-state index in [-0.39, 0.29) is 0 Å². The Kier molecular flexibility index (Phi) is 5.40. The van der Waals surface area contributed by atoms with Crippen LogP contribution in [0.1, 0.15) is 18.4 Å². The van der Waals surface area contributed by atoms with Crippen molar-refractivity contribution in [3.05, 3.63) is 17.7 Å².